The van der Waals surface area contributed by atoms with Gasteiger partial charge in [-0.1, -0.05) is 60.7 Å². The van der Waals surface area contributed by atoms with Crippen molar-refractivity contribution >= 4 is 29.3 Å². The minimum atomic E-state index is -0.671. The predicted molar refractivity (Wildman–Crippen MR) is 132 cm³/mol. The molecule has 1 saturated heterocycles. The summed E-state index contributed by atoms with van der Waals surface area (Å²) in [5.41, 5.74) is 3.05. The molecule has 7 nitrogen and oxygen atoms in total. The second kappa shape index (κ2) is 10.7. The molecule has 0 aliphatic carbocycles. The highest BCUT2D eigenvalue weighted by Crippen LogP contribution is 2.24. The second-order valence-electron chi connectivity index (χ2n) is 8.01. The summed E-state index contributed by atoms with van der Waals surface area (Å²) in [6, 6.07) is 22.2. The van der Waals surface area contributed by atoms with Crippen LogP contribution in [0.2, 0.25) is 0 Å². The lowest BCUT2D eigenvalue weighted by atomic mass is 10.0. The van der Waals surface area contributed by atoms with Crippen molar-refractivity contribution < 1.29 is 23.9 Å². The molecule has 0 saturated carbocycles. The fourth-order valence-electron chi connectivity index (χ4n) is 3.81. The Kier molecular flexibility index (Phi) is 7.28. The highest BCUT2D eigenvalue weighted by molar-refractivity contribution is 6.22. The molecular weight excluding hydrogens is 444 g/mol. The first-order valence-corrected chi connectivity index (χ1v) is 11.1. The van der Waals surface area contributed by atoms with Crippen molar-refractivity contribution in [1.82, 2.24) is 5.32 Å². The van der Waals surface area contributed by atoms with Crippen LogP contribution in [0.25, 0.3) is 11.1 Å². The van der Waals surface area contributed by atoms with Gasteiger partial charge in [-0.05, 0) is 35.4 Å². The molecule has 1 aliphatic rings. The Morgan fingerprint density at radius 3 is 2.20 bits per heavy atom. The van der Waals surface area contributed by atoms with Crippen LogP contribution in [-0.4, -0.2) is 42.8 Å². The zero-order valence-corrected chi connectivity index (χ0v) is 19.0. The Morgan fingerprint density at radius 2 is 1.54 bits per heavy atom. The number of Topliss-reactive ketones (excluding diaryl/α,β-unsaturated/α-hetero) is 1. The van der Waals surface area contributed by atoms with Gasteiger partial charge in [0.05, 0.1) is 23.7 Å². The molecule has 0 bridgehead atoms. The molecule has 4 rings (SSSR count). The van der Waals surface area contributed by atoms with Gasteiger partial charge in [-0.3, -0.25) is 14.4 Å². The van der Waals surface area contributed by atoms with Gasteiger partial charge in [0.2, 0.25) is 5.91 Å². The van der Waals surface area contributed by atoms with Gasteiger partial charge in [0.15, 0.2) is 12.4 Å². The van der Waals surface area contributed by atoms with Gasteiger partial charge in [-0.2, -0.15) is 0 Å². The first-order valence-electron chi connectivity index (χ1n) is 11.1. The Balaban J connectivity index is 1.34. The maximum atomic E-state index is 12.5. The summed E-state index contributed by atoms with van der Waals surface area (Å²) >= 11 is 0. The number of nitrogens with zero attached hydrogens (tertiary/aromatic N) is 1. The standard InChI is InChI=1S/C28H24N2O5/c1-2-16-29-24-17-26(32)30(27(24)33)23-14-12-22(13-15-23)28(34)35-18-25(31)21-10-8-20(9-11-21)19-6-4-3-5-7-19/h2-15,24,29H,1,16-18H2. The number of anilines is 1. The van der Waals surface area contributed by atoms with Crippen molar-refractivity contribution in [3.8, 4) is 11.1 Å². The minimum absolute atomic E-state index is 0.0604. The van der Waals surface area contributed by atoms with Gasteiger partial charge in [0.1, 0.15) is 0 Å². The zero-order valence-electron chi connectivity index (χ0n) is 19.0. The number of ether oxygens (including phenoxy) is 1. The number of benzene rings is 3. The molecule has 1 aliphatic heterocycles. The van der Waals surface area contributed by atoms with Crippen LogP contribution in [0.5, 0.6) is 0 Å². The topological polar surface area (TPSA) is 92.8 Å². The molecule has 0 aromatic heterocycles. The Hall–Kier alpha value is -4.36. The summed E-state index contributed by atoms with van der Waals surface area (Å²) in [5.74, 6) is -1.66. The molecule has 176 valence electrons. The second-order valence-corrected chi connectivity index (χ2v) is 8.01. The van der Waals surface area contributed by atoms with E-state index in [2.05, 4.69) is 11.9 Å². The third kappa shape index (κ3) is 5.42. The number of carbonyl (C=O) groups is 4. The van der Waals surface area contributed by atoms with Gasteiger partial charge < -0.3 is 10.1 Å². The number of ketones is 1. The van der Waals surface area contributed by atoms with Crippen LogP contribution in [0.15, 0.2) is 91.5 Å². The van der Waals surface area contributed by atoms with E-state index in [-0.39, 0.29) is 29.6 Å². The SMILES string of the molecule is C=CCNC1CC(=O)N(c2ccc(C(=O)OCC(=O)c3ccc(-c4ccccc4)cc3)cc2)C1=O. The maximum Gasteiger partial charge on any atom is 0.338 e. The lowest BCUT2D eigenvalue weighted by Crippen LogP contribution is -2.38. The molecule has 1 N–H and O–H groups in total. The first-order chi connectivity index (χ1) is 17.0. The molecule has 0 spiro atoms. The molecule has 1 unspecified atom stereocenters. The Bertz CT molecular complexity index is 1250. The van der Waals surface area contributed by atoms with Gasteiger partial charge in [-0.25, -0.2) is 9.69 Å². The van der Waals surface area contributed by atoms with Crippen molar-refractivity contribution in [3.63, 3.8) is 0 Å². The first kappa shape index (κ1) is 23.8. The summed E-state index contributed by atoms with van der Waals surface area (Å²) in [7, 11) is 0. The molecule has 1 atom stereocenters. The zero-order chi connectivity index (χ0) is 24.8. The summed E-state index contributed by atoms with van der Waals surface area (Å²) in [6.45, 7) is 3.61. The van der Waals surface area contributed by atoms with Crippen molar-refractivity contribution in [2.75, 3.05) is 18.1 Å². The quantitative estimate of drug-likeness (QED) is 0.222. The number of hydrogen-bond donors (Lipinski definition) is 1. The summed E-state index contributed by atoms with van der Waals surface area (Å²) in [5, 5.41) is 2.96. The van der Waals surface area contributed by atoms with Gasteiger partial charge in [0.25, 0.3) is 5.91 Å². The largest absolute Gasteiger partial charge is 0.454 e. The Morgan fingerprint density at radius 1 is 0.914 bits per heavy atom. The summed E-state index contributed by atoms with van der Waals surface area (Å²) in [6.07, 6.45) is 1.68. The monoisotopic (exact) mass is 468 g/mol. The maximum absolute atomic E-state index is 12.5. The van der Waals surface area contributed by atoms with Gasteiger partial charge in [-0.15, -0.1) is 6.58 Å². The lowest BCUT2D eigenvalue weighted by Gasteiger charge is -2.15. The molecule has 1 heterocycles. The van der Waals surface area contributed by atoms with Gasteiger partial charge in [0, 0.05) is 12.1 Å². The van der Waals surface area contributed by atoms with Crippen molar-refractivity contribution in [2.45, 2.75) is 12.5 Å². The smallest absolute Gasteiger partial charge is 0.338 e. The summed E-state index contributed by atoms with van der Waals surface area (Å²) in [4.78, 5) is 50.8. The van der Waals surface area contributed by atoms with Crippen LogP contribution in [0.1, 0.15) is 27.1 Å². The Labute approximate surface area is 203 Å². The van der Waals surface area contributed by atoms with Crippen LogP contribution in [0.3, 0.4) is 0 Å². The van der Waals surface area contributed by atoms with E-state index in [1.165, 1.54) is 24.3 Å². The predicted octanol–water partition coefficient (Wildman–Crippen LogP) is 3.80. The third-order valence-electron chi connectivity index (χ3n) is 5.66. The van der Waals surface area contributed by atoms with E-state index in [4.69, 9.17) is 4.74 Å². The van der Waals surface area contributed by atoms with Crippen molar-refractivity contribution in [1.29, 1.82) is 0 Å². The molecule has 35 heavy (non-hydrogen) atoms. The van der Waals surface area contributed by atoms with Crippen LogP contribution in [-0.2, 0) is 14.3 Å². The van der Waals surface area contributed by atoms with Crippen LogP contribution in [0, 0.1) is 0 Å². The van der Waals surface area contributed by atoms with E-state index in [1.54, 1.807) is 18.2 Å². The number of rotatable bonds is 9. The fraction of sp³-hybridized carbons (Fsp3) is 0.143. The van der Waals surface area contributed by atoms with E-state index in [9.17, 15) is 19.2 Å². The summed E-state index contributed by atoms with van der Waals surface area (Å²) < 4.78 is 5.17. The van der Waals surface area contributed by atoms with Gasteiger partial charge >= 0.3 is 5.97 Å². The van der Waals surface area contributed by atoms with E-state index in [0.717, 1.165) is 16.0 Å². The van der Waals surface area contributed by atoms with Crippen molar-refractivity contribution in [2.24, 2.45) is 0 Å². The number of hydrogen-bond acceptors (Lipinski definition) is 6. The fourth-order valence-corrected chi connectivity index (χ4v) is 3.81. The molecular formula is C28H24N2O5. The van der Waals surface area contributed by atoms with Crippen LogP contribution >= 0.6 is 0 Å². The average Bonchev–Trinajstić information content (AvgIpc) is 3.19. The van der Waals surface area contributed by atoms with E-state index >= 15 is 0 Å². The molecule has 3 aromatic carbocycles. The van der Waals surface area contributed by atoms with Crippen molar-refractivity contribution in [3.05, 3.63) is 103 Å². The number of amides is 2. The molecule has 3 aromatic rings. The average molecular weight is 469 g/mol. The van der Waals surface area contributed by atoms with Crippen LogP contribution in [0.4, 0.5) is 5.69 Å². The third-order valence-corrected chi connectivity index (χ3v) is 5.66. The number of nitrogens with one attached hydrogen (secondary N) is 1. The van der Waals surface area contributed by atoms with E-state index in [0.29, 0.717) is 17.8 Å². The number of imide groups is 1. The number of esters is 1. The molecule has 1 fully saturated rings. The molecule has 0 radical (unpaired) electrons. The van der Waals surface area contributed by atoms with E-state index in [1.807, 2.05) is 42.5 Å². The lowest BCUT2D eigenvalue weighted by molar-refractivity contribution is -0.121. The number of carbonyl (C=O) groups excluding carboxylic acids is 4. The highest BCUT2D eigenvalue weighted by atomic mass is 16.5. The minimum Gasteiger partial charge on any atom is -0.454 e. The highest BCUT2D eigenvalue weighted by Gasteiger charge is 2.39. The molecule has 7 heteroatoms. The van der Waals surface area contributed by atoms with Crippen LogP contribution < -0.4 is 10.2 Å². The normalized spacial score (nSPS) is 15.2. The van der Waals surface area contributed by atoms with E-state index < -0.39 is 18.6 Å². The molecule has 2 amide bonds.